The zero-order valence-electron chi connectivity index (χ0n) is 13.8. The van der Waals surface area contributed by atoms with Crippen LogP contribution < -0.4 is 0 Å². The first-order valence-electron chi connectivity index (χ1n) is 7.69. The first kappa shape index (κ1) is 23.5. The van der Waals surface area contributed by atoms with Crippen LogP contribution in [0.1, 0.15) is 39.5 Å². The molecular formula is C13H30O8P2. The Morgan fingerprint density at radius 1 is 0.957 bits per heavy atom. The summed E-state index contributed by atoms with van der Waals surface area (Å²) in [5.41, 5.74) is -1.08. The van der Waals surface area contributed by atoms with Gasteiger partial charge in [0.25, 0.3) is 0 Å². The van der Waals surface area contributed by atoms with Crippen molar-refractivity contribution in [3.8, 4) is 0 Å². The van der Waals surface area contributed by atoms with Crippen LogP contribution in [0.5, 0.6) is 0 Å². The fourth-order valence-electron chi connectivity index (χ4n) is 1.99. The van der Waals surface area contributed by atoms with Gasteiger partial charge in [0.05, 0.1) is 31.8 Å². The molecule has 0 bridgehead atoms. The largest absolute Gasteiger partial charge is 0.396 e. The van der Waals surface area contributed by atoms with E-state index in [0.717, 1.165) is 25.7 Å². The van der Waals surface area contributed by atoms with Gasteiger partial charge in [0, 0.05) is 6.61 Å². The molecule has 1 unspecified atom stereocenters. The molecule has 0 rings (SSSR count). The number of aliphatic hydroxyl groups is 1. The Balaban J connectivity index is 4.52. The van der Waals surface area contributed by atoms with Gasteiger partial charge in [0.1, 0.15) is 0 Å². The highest BCUT2D eigenvalue weighted by atomic mass is 31.2. The molecule has 0 aliphatic carbocycles. The summed E-state index contributed by atoms with van der Waals surface area (Å²) in [5.74, 6) is 0.411. The van der Waals surface area contributed by atoms with E-state index in [1.54, 1.807) is 0 Å². The first-order chi connectivity index (χ1) is 10.9. The second-order valence-corrected chi connectivity index (χ2v) is 7.17. The molecule has 10 heteroatoms. The lowest BCUT2D eigenvalue weighted by molar-refractivity contribution is -0.0569. The molecule has 0 aromatic heterocycles. The maximum absolute atomic E-state index is 9.61. The highest BCUT2D eigenvalue weighted by molar-refractivity contribution is 7.39. The van der Waals surface area contributed by atoms with E-state index in [1.165, 1.54) is 0 Å². The van der Waals surface area contributed by atoms with Crippen molar-refractivity contribution in [2.45, 2.75) is 39.5 Å². The van der Waals surface area contributed by atoms with Crippen LogP contribution in [-0.2, 0) is 13.8 Å². The van der Waals surface area contributed by atoms with Crippen molar-refractivity contribution in [1.29, 1.82) is 0 Å². The number of rotatable bonds is 15. The predicted octanol–water partition coefficient (Wildman–Crippen LogP) is 1.65. The average Bonchev–Trinajstić information content (AvgIpc) is 2.52. The summed E-state index contributed by atoms with van der Waals surface area (Å²) in [6, 6.07) is 0. The molecule has 0 radical (unpaired) electrons. The topological polar surface area (TPSA) is 129 Å². The van der Waals surface area contributed by atoms with Crippen LogP contribution in [0.25, 0.3) is 0 Å². The van der Waals surface area contributed by atoms with Crippen LogP contribution >= 0.6 is 17.2 Å². The van der Waals surface area contributed by atoms with Gasteiger partial charge in [-0.3, -0.25) is 0 Å². The molecule has 140 valence electrons. The molecule has 5 N–H and O–H groups in total. The third-order valence-corrected chi connectivity index (χ3v) is 4.33. The molecule has 0 amide bonds. The zero-order valence-corrected chi connectivity index (χ0v) is 15.6. The number of unbranched alkanes of at least 4 members (excludes halogenated alkanes) is 1. The highest BCUT2D eigenvalue weighted by Crippen LogP contribution is 2.34. The Hall–Kier alpha value is 0.540. The smallest absolute Gasteiger partial charge is 0.327 e. The summed E-state index contributed by atoms with van der Waals surface area (Å²) in [6.07, 6.45) is 4.28. The molecule has 0 aliphatic rings. The standard InChI is InChI=1S/C13H30O8P2/c1-3-5-6-12(4-2)7-19-9-13(8-14,10-20-22(15)16)11-21-23(17)18/h12,14-18H,3-11H2,1-2H3. The van der Waals surface area contributed by atoms with E-state index in [2.05, 4.69) is 13.8 Å². The van der Waals surface area contributed by atoms with Gasteiger partial charge in [0.15, 0.2) is 0 Å². The van der Waals surface area contributed by atoms with Crippen LogP contribution in [-0.4, -0.2) is 57.7 Å². The van der Waals surface area contributed by atoms with E-state index in [1.807, 2.05) is 0 Å². The second-order valence-electron chi connectivity index (χ2n) is 5.64. The Morgan fingerprint density at radius 3 is 1.91 bits per heavy atom. The van der Waals surface area contributed by atoms with E-state index in [0.29, 0.717) is 12.5 Å². The number of ether oxygens (including phenoxy) is 1. The summed E-state index contributed by atoms with van der Waals surface area (Å²) in [5, 5.41) is 9.61. The summed E-state index contributed by atoms with van der Waals surface area (Å²) >= 11 is 0. The molecule has 0 aromatic carbocycles. The molecule has 0 aliphatic heterocycles. The van der Waals surface area contributed by atoms with Gasteiger partial charge < -0.3 is 38.5 Å². The summed E-state index contributed by atoms with van der Waals surface area (Å²) < 4.78 is 15.2. The molecule has 8 nitrogen and oxygen atoms in total. The van der Waals surface area contributed by atoms with Crippen molar-refractivity contribution in [3.05, 3.63) is 0 Å². The maximum Gasteiger partial charge on any atom is 0.327 e. The van der Waals surface area contributed by atoms with Gasteiger partial charge in [-0.25, -0.2) is 0 Å². The lowest BCUT2D eigenvalue weighted by atomic mass is 9.92. The van der Waals surface area contributed by atoms with Gasteiger partial charge in [-0.1, -0.05) is 33.1 Å². The minimum atomic E-state index is -2.58. The van der Waals surface area contributed by atoms with Gasteiger partial charge >= 0.3 is 17.2 Å². The van der Waals surface area contributed by atoms with Crippen LogP contribution in [0.2, 0.25) is 0 Å². The van der Waals surface area contributed by atoms with Crippen molar-refractivity contribution in [3.63, 3.8) is 0 Å². The van der Waals surface area contributed by atoms with Gasteiger partial charge in [-0.2, -0.15) is 0 Å². The van der Waals surface area contributed by atoms with E-state index in [-0.39, 0.29) is 19.8 Å². The minimum Gasteiger partial charge on any atom is -0.396 e. The summed E-state index contributed by atoms with van der Waals surface area (Å²) in [4.78, 5) is 35.5. The van der Waals surface area contributed by atoms with Crippen molar-refractivity contribution < 1.29 is 38.5 Å². The molecule has 0 aromatic rings. The highest BCUT2D eigenvalue weighted by Gasteiger charge is 2.33. The Bertz CT molecular complexity index is 269. The molecule has 0 heterocycles. The van der Waals surface area contributed by atoms with Crippen LogP contribution in [0.3, 0.4) is 0 Å². The van der Waals surface area contributed by atoms with Gasteiger partial charge in [-0.15, -0.1) is 0 Å². The van der Waals surface area contributed by atoms with Crippen LogP contribution in [0, 0.1) is 11.3 Å². The fraction of sp³-hybridized carbons (Fsp3) is 1.00. The molecule has 1 atom stereocenters. The minimum absolute atomic E-state index is 0.0540. The molecule has 0 spiro atoms. The quantitative estimate of drug-likeness (QED) is 0.273. The van der Waals surface area contributed by atoms with Crippen molar-refractivity contribution in [2.75, 3.05) is 33.0 Å². The predicted molar refractivity (Wildman–Crippen MR) is 88.3 cm³/mol. The molecule has 0 saturated carbocycles. The monoisotopic (exact) mass is 376 g/mol. The number of hydrogen-bond donors (Lipinski definition) is 5. The molecular weight excluding hydrogens is 346 g/mol. The Labute approximate surface area is 140 Å². The SMILES string of the molecule is CCCCC(CC)COCC(CO)(COP(O)O)COP(O)O. The third kappa shape index (κ3) is 11.7. The van der Waals surface area contributed by atoms with Crippen LogP contribution in [0.4, 0.5) is 0 Å². The molecule has 23 heavy (non-hydrogen) atoms. The zero-order chi connectivity index (χ0) is 17.7. The fourth-order valence-corrected chi connectivity index (χ4v) is 2.77. The number of aliphatic hydroxyl groups excluding tert-OH is 1. The lowest BCUT2D eigenvalue weighted by Gasteiger charge is -2.31. The maximum atomic E-state index is 9.61. The summed E-state index contributed by atoms with van der Waals surface area (Å²) in [6.45, 7) is 3.92. The van der Waals surface area contributed by atoms with Crippen molar-refractivity contribution >= 4 is 17.2 Å². The van der Waals surface area contributed by atoms with Gasteiger partial charge in [-0.05, 0) is 12.3 Å². The molecule has 0 fully saturated rings. The van der Waals surface area contributed by atoms with E-state index < -0.39 is 29.2 Å². The van der Waals surface area contributed by atoms with Crippen LogP contribution in [0.15, 0.2) is 0 Å². The first-order valence-corrected chi connectivity index (χ1v) is 10.0. The van der Waals surface area contributed by atoms with E-state index in [4.69, 9.17) is 33.4 Å². The average molecular weight is 376 g/mol. The normalized spacial score (nSPS) is 14.0. The van der Waals surface area contributed by atoms with E-state index in [9.17, 15) is 5.11 Å². The lowest BCUT2D eigenvalue weighted by Crippen LogP contribution is -2.40. The second kappa shape index (κ2) is 13.8. The Morgan fingerprint density at radius 2 is 1.52 bits per heavy atom. The number of hydrogen-bond acceptors (Lipinski definition) is 8. The summed E-state index contributed by atoms with van der Waals surface area (Å²) in [7, 11) is -5.15. The van der Waals surface area contributed by atoms with Crippen molar-refractivity contribution in [2.24, 2.45) is 11.3 Å². The molecule has 0 saturated heterocycles. The van der Waals surface area contributed by atoms with E-state index >= 15 is 0 Å². The third-order valence-electron chi connectivity index (χ3n) is 3.61. The van der Waals surface area contributed by atoms with Crippen molar-refractivity contribution in [1.82, 2.24) is 0 Å². The Kier molecular flexibility index (Phi) is 14.1. The van der Waals surface area contributed by atoms with Gasteiger partial charge in [0.2, 0.25) is 0 Å².